The molecule has 2 aromatic rings. The Kier molecular flexibility index (Phi) is 7.80. The second-order valence-corrected chi connectivity index (χ2v) is 9.95. The van der Waals surface area contributed by atoms with Gasteiger partial charge in [-0.15, -0.1) is 0 Å². The lowest BCUT2D eigenvalue weighted by molar-refractivity contribution is -0.873. The number of carboxylic acid groups (broad SMARTS) is 1. The standard InChI is InChI=1S/C24H32F2N4O5/c1-6-28-12-17(24(34)35-15(9-19(31)32)13-30(3,4)5)23(33)16-10-18(25)22(20(26)21(16)28)29-8-7-27-14(2)11-29/h10,12,14-15,27H,6-9,11,13H2,1-5H3. The monoisotopic (exact) mass is 494 g/mol. The first-order chi connectivity index (χ1) is 16.3. The van der Waals surface area contributed by atoms with Crippen molar-refractivity contribution in [3.8, 4) is 0 Å². The zero-order chi connectivity index (χ0) is 26.1. The summed E-state index contributed by atoms with van der Waals surface area (Å²) in [5, 5.41) is 14.1. The second kappa shape index (κ2) is 10.3. The number of aliphatic carboxylic acids is 1. The van der Waals surface area contributed by atoms with Gasteiger partial charge in [0.2, 0.25) is 5.43 Å². The largest absolute Gasteiger partial charge is 0.550 e. The lowest BCUT2D eigenvalue weighted by Crippen LogP contribution is -2.49. The van der Waals surface area contributed by atoms with Crippen LogP contribution in [-0.4, -0.2) is 80.5 Å². The Bertz CT molecular complexity index is 1190. The number of esters is 1. The minimum Gasteiger partial charge on any atom is -0.550 e. The van der Waals surface area contributed by atoms with Gasteiger partial charge < -0.3 is 33.9 Å². The molecule has 0 radical (unpaired) electrons. The molecule has 3 rings (SSSR count). The van der Waals surface area contributed by atoms with E-state index in [0.29, 0.717) is 24.1 Å². The number of ether oxygens (including phenoxy) is 1. The Morgan fingerprint density at radius 3 is 2.57 bits per heavy atom. The number of aromatic nitrogens is 1. The van der Waals surface area contributed by atoms with Gasteiger partial charge in [0.1, 0.15) is 23.6 Å². The van der Waals surface area contributed by atoms with Gasteiger partial charge >= 0.3 is 5.97 Å². The van der Waals surface area contributed by atoms with Gasteiger partial charge in [0.05, 0.1) is 32.0 Å². The number of nitrogens with zero attached hydrogens (tertiary/aromatic N) is 3. The van der Waals surface area contributed by atoms with Crippen LogP contribution < -0.4 is 20.8 Å². The fourth-order valence-corrected chi connectivity index (χ4v) is 4.45. The summed E-state index contributed by atoms with van der Waals surface area (Å²) in [6, 6.07) is 0.987. The Labute approximate surface area is 202 Å². The highest BCUT2D eigenvalue weighted by atomic mass is 19.1. The van der Waals surface area contributed by atoms with E-state index in [1.54, 1.807) is 33.0 Å². The van der Waals surface area contributed by atoms with Crippen LogP contribution in [0.15, 0.2) is 17.1 Å². The number of carbonyl (C=O) groups excluding carboxylic acids is 2. The van der Waals surface area contributed by atoms with Crippen molar-refractivity contribution in [1.82, 2.24) is 9.88 Å². The maximum atomic E-state index is 15.7. The summed E-state index contributed by atoms with van der Waals surface area (Å²) in [5.74, 6) is -4.22. The predicted molar refractivity (Wildman–Crippen MR) is 125 cm³/mol. The lowest BCUT2D eigenvalue weighted by Gasteiger charge is -2.34. The van der Waals surface area contributed by atoms with E-state index in [1.165, 1.54) is 10.8 Å². The summed E-state index contributed by atoms with van der Waals surface area (Å²) in [5.41, 5.74) is -1.62. The number of benzene rings is 1. The van der Waals surface area contributed by atoms with Crippen LogP contribution >= 0.6 is 0 Å². The van der Waals surface area contributed by atoms with Gasteiger partial charge in [-0.2, -0.15) is 0 Å². The van der Waals surface area contributed by atoms with E-state index in [1.807, 2.05) is 6.92 Å². The number of anilines is 1. The number of carbonyl (C=O) groups is 2. The van der Waals surface area contributed by atoms with E-state index < -0.39 is 47.1 Å². The summed E-state index contributed by atoms with van der Waals surface area (Å²) >= 11 is 0. The third kappa shape index (κ3) is 5.96. The molecule has 2 heterocycles. The minimum absolute atomic E-state index is 0.0319. The van der Waals surface area contributed by atoms with E-state index >= 15 is 8.78 Å². The van der Waals surface area contributed by atoms with Crippen LogP contribution in [0.1, 0.15) is 30.6 Å². The first-order valence-electron chi connectivity index (χ1n) is 11.6. The van der Waals surface area contributed by atoms with Crippen LogP contribution in [0.3, 0.4) is 0 Å². The molecule has 1 aliphatic heterocycles. The number of halogens is 2. The van der Waals surface area contributed by atoms with Gasteiger partial charge in [-0.1, -0.05) is 0 Å². The quantitative estimate of drug-likeness (QED) is 0.420. The average Bonchev–Trinajstić information content (AvgIpc) is 2.72. The molecule has 35 heavy (non-hydrogen) atoms. The molecule has 1 aliphatic rings. The van der Waals surface area contributed by atoms with Gasteiger partial charge in [-0.05, 0) is 19.9 Å². The first kappa shape index (κ1) is 26.6. The Balaban J connectivity index is 2.08. The molecule has 1 saturated heterocycles. The molecule has 2 atom stereocenters. The lowest BCUT2D eigenvalue weighted by atomic mass is 10.1. The van der Waals surface area contributed by atoms with Crippen molar-refractivity contribution in [1.29, 1.82) is 0 Å². The minimum atomic E-state index is -1.40. The van der Waals surface area contributed by atoms with E-state index in [2.05, 4.69) is 5.32 Å². The molecule has 192 valence electrons. The number of pyridine rings is 1. The molecule has 9 nitrogen and oxygen atoms in total. The van der Waals surface area contributed by atoms with Gasteiger partial charge in [0.25, 0.3) is 0 Å². The molecule has 1 fully saturated rings. The van der Waals surface area contributed by atoms with Gasteiger partial charge in [0.15, 0.2) is 11.9 Å². The number of fused-ring (bicyclic) bond motifs is 1. The predicted octanol–water partition coefficient (Wildman–Crippen LogP) is 0.469. The molecule has 2 unspecified atom stereocenters. The molecule has 1 N–H and O–H groups in total. The maximum absolute atomic E-state index is 15.7. The van der Waals surface area contributed by atoms with E-state index in [-0.39, 0.29) is 35.7 Å². The van der Waals surface area contributed by atoms with Crippen LogP contribution in [0.5, 0.6) is 0 Å². The van der Waals surface area contributed by atoms with Crippen LogP contribution in [0, 0.1) is 11.6 Å². The number of likely N-dealkylation sites (N-methyl/N-ethyl adjacent to an activating group) is 1. The normalized spacial score (nSPS) is 17.5. The number of quaternary nitrogens is 1. The number of piperazine rings is 1. The third-order valence-electron chi connectivity index (χ3n) is 5.89. The first-order valence-corrected chi connectivity index (χ1v) is 11.6. The van der Waals surface area contributed by atoms with E-state index in [4.69, 9.17) is 4.74 Å². The molecular formula is C24H32F2N4O5. The van der Waals surface area contributed by atoms with E-state index in [9.17, 15) is 19.5 Å². The topological polar surface area (TPSA) is 104 Å². The number of hydrogen-bond acceptors (Lipinski definition) is 7. The number of hydrogen-bond donors (Lipinski definition) is 1. The molecule has 1 aromatic heterocycles. The molecule has 0 amide bonds. The second-order valence-electron chi connectivity index (χ2n) is 9.95. The molecule has 0 saturated carbocycles. The van der Waals surface area contributed by atoms with Gasteiger partial charge in [-0.25, -0.2) is 13.6 Å². The van der Waals surface area contributed by atoms with Crippen molar-refractivity contribution in [3.05, 3.63) is 39.7 Å². The SMILES string of the molecule is CCn1cc(C(=O)OC(CC(=O)[O-])C[N+](C)(C)C)c(=O)c2cc(F)c(N3CCNC(C)C3)c(F)c21. The van der Waals surface area contributed by atoms with Gasteiger partial charge in [-0.3, -0.25) is 4.79 Å². The highest BCUT2D eigenvalue weighted by Crippen LogP contribution is 2.31. The number of aryl methyl sites for hydroxylation is 1. The Morgan fingerprint density at radius 1 is 1.31 bits per heavy atom. The van der Waals surface area contributed by atoms with Gasteiger partial charge in [0, 0.05) is 50.8 Å². The van der Waals surface area contributed by atoms with E-state index in [0.717, 1.165) is 6.07 Å². The maximum Gasteiger partial charge on any atom is 0.344 e. The molecule has 1 aromatic carbocycles. The number of carboxylic acids is 1. The molecule has 0 spiro atoms. The number of rotatable bonds is 8. The summed E-state index contributed by atoms with van der Waals surface area (Å²) in [6.45, 7) is 5.31. The van der Waals surface area contributed by atoms with Crippen molar-refractivity contribution < 1.29 is 32.7 Å². The average molecular weight is 495 g/mol. The third-order valence-corrected chi connectivity index (χ3v) is 5.89. The molecule has 0 bridgehead atoms. The van der Waals surface area contributed by atoms with Crippen molar-refractivity contribution in [2.24, 2.45) is 0 Å². The number of nitrogens with one attached hydrogen (secondary N) is 1. The fourth-order valence-electron chi connectivity index (χ4n) is 4.45. The van der Waals surface area contributed by atoms with Crippen LogP contribution in [0.25, 0.3) is 10.9 Å². The van der Waals surface area contributed by atoms with Crippen LogP contribution in [0.4, 0.5) is 14.5 Å². The fraction of sp³-hybridized carbons (Fsp3) is 0.542. The summed E-state index contributed by atoms with van der Waals surface area (Å²) < 4.78 is 37.8. The van der Waals surface area contributed by atoms with Crippen molar-refractivity contribution in [2.75, 3.05) is 52.2 Å². The smallest absolute Gasteiger partial charge is 0.344 e. The summed E-state index contributed by atoms with van der Waals surface area (Å²) in [7, 11) is 5.37. The van der Waals surface area contributed by atoms with Crippen molar-refractivity contribution in [3.63, 3.8) is 0 Å². The summed E-state index contributed by atoms with van der Waals surface area (Å²) in [6.07, 6.45) is -0.421. The molecule has 0 aliphatic carbocycles. The summed E-state index contributed by atoms with van der Waals surface area (Å²) in [4.78, 5) is 38.8. The Morgan fingerprint density at radius 2 is 2.00 bits per heavy atom. The van der Waals surface area contributed by atoms with Crippen LogP contribution in [-0.2, 0) is 16.1 Å². The zero-order valence-electron chi connectivity index (χ0n) is 20.7. The van der Waals surface area contributed by atoms with Crippen LogP contribution in [0.2, 0.25) is 0 Å². The molecule has 11 heteroatoms. The highest BCUT2D eigenvalue weighted by Gasteiger charge is 2.29. The zero-order valence-corrected chi connectivity index (χ0v) is 20.7. The highest BCUT2D eigenvalue weighted by molar-refractivity contribution is 5.95. The van der Waals surface area contributed by atoms with Crippen molar-refractivity contribution >= 4 is 28.5 Å². The van der Waals surface area contributed by atoms with Crippen molar-refractivity contribution in [2.45, 2.75) is 39.0 Å². The Hall–Kier alpha value is -3.05. The molecular weight excluding hydrogens is 462 g/mol.